The Hall–Kier alpha value is -2.14. The number of carbonyl (C=O) groups is 1. The number of nitrogens with one attached hydrogen (secondary N) is 1. The van der Waals surface area contributed by atoms with Crippen LogP contribution in [0, 0.1) is 0 Å². The fourth-order valence-electron chi connectivity index (χ4n) is 2.07. The van der Waals surface area contributed by atoms with Gasteiger partial charge in [0.25, 0.3) is 0 Å². The topological polar surface area (TPSA) is 29.1 Å². The Kier molecular flexibility index (Phi) is 5.33. The van der Waals surface area contributed by atoms with Gasteiger partial charge in [-0.2, -0.15) is 13.2 Å². The zero-order chi connectivity index (χ0) is 16.0. The van der Waals surface area contributed by atoms with Gasteiger partial charge >= 0.3 is 6.18 Å². The average molecular weight is 307 g/mol. The maximum Gasteiger partial charge on any atom is 0.404 e. The highest BCUT2D eigenvalue weighted by molar-refractivity contribution is 5.96. The summed E-state index contributed by atoms with van der Waals surface area (Å²) in [6.07, 6.45) is -5.08. The molecule has 0 spiro atoms. The lowest BCUT2D eigenvalue weighted by molar-refractivity contribution is -0.155. The molecule has 0 fully saturated rings. The molecule has 22 heavy (non-hydrogen) atoms. The Morgan fingerprint density at radius 3 is 2.05 bits per heavy atom. The van der Waals surface area contributed by atoms with Crippen LogP contribution in [0.3, 0.4) is 0 Å². The van der Waals surface area contributed by atoms with Gasteiger partial charge in [0.15, 0.2) is 5.78 Å². The summed E-state index contributed by atoms with van der Waals surface area (Å²) in [4.78, 5) is 12.0. The van der Waals surface area contributed by atoms with Crippen molar-refractivity contribution in [3.05, 3.63) is 71.8 Å². The summed E-state index contributed by atoms with van der Waals surface area (Å²) in [6, 6.07) is 14.9. The van der Waals surface area contributed by atoms with Crippen LogP contribution in [0.1, 0.15) is 22.3 Å². The van der Waals surface area contributed by atoms with Gasteiger partial charge in [0.1, 0.15) is 6.04 Å². The van der Waals surface area contributed by atoms with Crippen molar-refractivity contribution in [1.29, 1.82) is 0 Å². The highest BCUT2D eigenvalue weighted by Gasteiger charge is 2.40. The van der Waals surface area contributed by atoms with Crippen LogP contribution in [0.15, 0.2) is 60.7 Å². The third-order valence-electron chi connectivity index (χ3n) is 3.28. The SMILES string of the molecule is O=C(CC(NCc1ccccc1)C(F)(F)F)c1ccccc1. The van der Waals surface area contributed by atoms with Crippen LogP contribution < -0.4 is 5.32 Å². The van der Waals surface area contributed by atoms with Gasteiger partial charge in [-0.05, 0) is 5.56 Å². The molecule has 0 bridgehead atoms. The van der Waals surface area contributed by atoms with Crippen LogP contribution in [0.5, 0.6) is 0 Å². The number of hydrogen-bond donors (Lipinski definition) is 1. The van der Waals surface area contributed by atoms with Crippen LogP contribution in [0.4, 0.5) is 13.2 Å². The van der Waals surface area contributed by atoms with E-state index in [1.165, 1.54) is 12.1 Å². The largest absolute Gasteiger partial charge is 0.404 e. The standard InChI is InChI=1S/C17H16F3NO/c18-17(19,20)16(21-12-13-7-3-1-4-8-13)11-15(22)14-9-5-2-6-10-14/h1-10,16,21H,11-12H2. The molecular formula is C17H16F3NO. The Balaban J connectivity index is 2.02. The van der Waals surface area contributed by atoms with E-state index in [2.05, 4.69) is 5.32 Å². The molecule has 116 valence electrons. The summed E-state index contributed by atoms with van der Waals surface area (Å²) in [5, 5.41) is 2.43. The fourth-order valence-corrected chi connectivity index (χ4v) is 2.07. The molecule has 2 aromatic rings. The highest BCUT2D eigenvalue weighted by atomic mass is 19.4. The zero-order valence-electron chi connectivity index (χ0n) is 11.8. The number of rotatable bonds is 6. The molecule has 1 atom stereocenters. The van der Waals surface area contributed by atoms with Crippen LogP contribution in [-0.2, 0) is 6.54 Å². The molecular weight excluding hydrogens is 291 g/mol. The number of alkyl halides is 3. The van der Waals surface area contributed by atoms with Gasteiger partial charge in [-0.3, -0.25) is 4.79 Å². The molecule has 0 saturated heterocycles. The summed E-state index contributed by atoms with van der Waals surface area (Å²) in [5.41, 5.74) is 1.03. The first-order chi connectivity index (χ1) is 10.5. The van der Waals surface area contributed by atoms with Crippen molar-refractivity contribution < 1.29 is 18.0 Å². The third kappa shape index (κ3) is 4.70. The van der Waals surface area contributed by atoms with Crippen LogP contribution in [0.2, 0.25) is 0 Å². The first kappa shape index (κ1) is 16.2. The first-order valence-electron chi connectivity index (χ1n) is 6.89. The molecule has 0 radical (unpaired) electrons. The van der Waals surface area contributed by atoms with E-state index in [0.29, 0.717) is 5.56 Å². The molecule has 5 heteroatoms. The number of hydrogen-bond acceptors (Lipinski definition) is 2. The van der Waals surface area contributed by atoms with E-state index in [4.69, 9.17) is 0 Å². The van der Waals surface area contributed by atoms with E-state index in [1.807, 2.05) is 0 Å². The molecule has 0 amide bonds. The van der Waals surface area contributed by atoms with E-state index >= 15 is 0 Å². The van der Waals surface area contributed by atoms with E-state index in [1.54, 1.807) is 48.5 Å². The van der Waals surface area contributed by atoms with Crippen molar-refractivity contribution in [3.8, 4) is 0 Å². The van der Waals surface area contributed by atoms with Crippen molar-refractivity contribution >= 4 is 5.78 Å². The number of halogens is 3. The fraction of sp³-hybridized carbons (Fsp3) is 0.235. The van der Waals surface area contributed by atoms with E-state index < -0.39 is 24.4 Å². The maximum atomic E-state index is 13.1. The molecule has 0 aliphatic rings. The lowest BCUT2D eigenvalue weighted by atomic mass is 10.0. The Morgan fingerprint density at radius 2 is 1.50 bits per heavy atom. The van der Waals surface area contributed by atoms with Gasteiger partial charge in [-0.25, -0.2) is 0 Å². The molecule has 0 aliphatic carbocycles. The second-order valence-electron chi connectivity index (χ2n) is 4.95. The number of carbonyl (C=O) groups excluding carboxylic acids is 1. The quantitative estimate of drug-likeness (QED) is 0.818. The molecule has 1 N–H and O–H groups in total. The molecule has 0 saturated carbocycles. The summed E-state index contributed by atoms with van der Waals surface area (Å²) in [6.45, 7) is 0.0626. The smallest absolute Gasteiger partial charge is 0.302 e. The lowest BCUT2D eigenvalue weighted by Crippen LogP contribution is -2.43. The van der Waals surface area contributed by atoms with Crippen molar-refractivity contribution in [2.75, 3.05) is 0 Å². The lowest BCUT2D eigenvalue weighted by Gasteiger charge is -2.21. The monoisotopic (exact) mass is 307 g/mol. The first-order valence-corrected chi connectivity index (χ1v) is 6.89. The third-order valence-corrected chi connectivity index (χ3v) is 3.28. The van der Waals surface area contributed by atoms with E-state index in [0.717, 1.165) is 5.56 Å². The van der Waals surface area contributed by atoms with Crippen molar-refractivity contribution in [2.45, 2.75) is 25.2 Å². The summed E-state index contributed by atoms with van der Waals surface area (Å²) in [7, 11) is 0. The number of Topliss-reactive ketones (excluding diaryl/α,β-unsaturated/α-hetero) is 1. The Morgan fingerprint density at radius 1 is 0.955 bits per heavy atom. The minimum atomic E-state index is -4.47. The van der Waals surface area contributed by atoms with Gasteiger partial charge in [0, 0.05) is 18.5 Å². The summed E-state index contributed by atoms with van der Waals surface area (Å²) in [5.74, 6) is -0.525. The van der Waals surface area contributed by atoms with Crippen LogP contribution in [0.25, 0.3) is 0 Å². The van der Waals surface area contributed by atoms with Crippen LogP contribution in [-0.4, -0.2) is 18.0 Å². The van der Waals surface area contributed by atoms with Gasteiger partial charge in [-0.15, -0.1) is 0 Å². The summed E-state index contributed by atoms with van der Waals surface area (Å²) < 4.78 is 39.3. The summed E-state index contributed by atoms with van der Waals surface area (Å²) >= 11 is 0. The Bertz CT molecular complexity index is 596. The second-order valence-corrected chi connectivity index (χ2v) is 4.95. The number of benzene rings is 2. The van der Waals surface area contributed by atoms with Crippen LogP contribution >= 0.6 is 0 Å². The van der Waals surface area contributed by atoms with Gasteiger partial charge in [-0.1, -0.05) is 60.7 Å². The number of ketones is 1. The minimum Gasteiger partial charge on any atom is -0.302 e. The predicted octanol–water partition coefficient (Wildman–Crippen LogP) is 3.98. The predicted molar refractivity (Wildman–Crippen MR) is 78.5 cm³/mol. The molecule has 1 unspecified atom stereocenters. The molecule has 2 nitrogen and oxygen atoms in total. The van der Waals surface area contributed by atoms with Gasteiger partial charge in [0.2, 0.25) is 0 Å². The van der Waals surface area contributed by atoms with Crippen molar-refractivity contribution in [1.82, 2.24) is 5.32 Å². The molecule has 0 aliphatic heterocycles. The highest BCUT2D eigenvalue weighted by Crippen LogP contribution is 2.24. The average Bonchev–Trinajstić information content (AvgIpc) is 2.52. The van der Waals surface area contributed by atoms with E-state index in [-0.39, 0.29) is 6.54 Å². The molecule has 0 aromatic heterocycles. The van der Waals surface area contributed by atoms with Crippen molar-refractivity contribution in [3.63, 3.8) is 0 Å². The van der Waals surface area contributed by atoms with E-state index in [9.17, 15) is 18.0 Å². The Labute approximate surface area is 127 Å². The normalized spacial score (nSPS) is 12.9. The zero-order valence-corrected chi connectivity index (χ0v) is 11.8. The van der Waals surface area contributed by atoms with Gasteiger partial charge < -0.3 is 5.32 Å². The maximum absolute atomic E-state index is 13.1. The van der Waals surface area contributed by atoms with Crippen molar-refractivity contribution in [2.24, 2.45) is 0 Å². The molecule has 2 rings (SSSR count). The second kappa shape index (κ2) is 7.22. The molecule has 2 aromatic carbocycles. The van der Waals surface area contributed by atoms with Gasteiger partial charge in [0.05, 0.1) is 0 Å². The molecule has 0 heterocycles. The minimum absolute atomic E-state index is 0.0626.